The molecule has 96 valence electrons. The average molecular weight is 245 g/mol. The minimum absolute atomic E-state index is 0.320. The van der Waals surface area contributed by atoms with Crippen molar-refractivity contribution >= 4 is 16.8 Å². The molecule has 1 unspecified atom stereocenters. The zero-order chi connectivity index (χ0) is 12.4. The monoisotopic (exact) mass is 245 g/mol. The number of hydrogen-bond acceptors (Lipinski definition) is 4. The molecule has 1 atom stereocenters. The largest absolute Gasteiger partial charge is 0.464 e. The van der Waals surface area contributed by atoms with Crippen molar-refractivity contribution in [2.45, 2.75) is 31.7 Å². The maximum absolute atomic E-state index is 5.91. The second-order valence-corrected chi connectivity index (χ2v) is 5.02. The smallest absolute Gasteiger partial charge is 0.139 e. The number of aromatic nitrogens is 1. The first-order chi connectivity index (χ1) is 8.88. The van der Waals surface area contributed by atoms with E-state index in [2.05, 4.69) is 10.3 Å². The third-order valence-corrected chi connectivity index (χ3v) is 3.92. The van der Waals surface area contributed by atoms with Crippen LogP contribution in [-0.4, -0.2) is 17.6 Å². The van der Waals surface area contributed by atoms with Crippen molar-refractivity contribution in [2.24, 2.45) is 11.7 Å². The quantitative estimate of drug-likeness (QED) is 0.869. The maximum atomic E-state index is 5.91. The van der Waals surface area contributed by atoms with Gasteiger partial charge in [-0.25, -0.2) is 4.98 Å². The first-order valence-corrected chi connectivity index (χ1v) is 6.67. The Morgan fingerprint density at radius 1 is 1.39 bits per heavy atom. The summed E-state index contributed by atoms with van der Waals surface area (Å²) in [7, 11) is 0. The van der Waals surface area contributed by atoms with Gasteiger partial charge in [-0.1, -0.05) is 12.8 Å². The molecule has 0 bridgehead atoms. The van der Waals surface area contributed by atoms with Crippen LogP contribution in [0.4, 0.5) is 5.82 Å². The van der Waals surface area contributed by atoms with Crippen LogP contribution in [0.25, 0.3) is 11.0 Å². The Kier molecular flexibility index (Phi) is 3.19. The Morgan fingerprint density at radius 2 is 2.22 bits per heavy atom. The zero-order valence-corrected chi connectivity index (χ0v) is 10.4. The molecule has 2 heterocycles. The molecule has 1 aliphatic rings. The van der Waals surface area contributed by atoms with E-state index in [-0.39, 0.29) is 0 Å². The summed E-state index contributed by atoms with van der Waals surface area (Å²) in [5.74, 6) is 1.57. The molecule has 3 N–H and O–H groups in total. The number of nitrogens with two attached hydrogens (primary N) is 1. The van der Waals surface area contributed by atoms with E-state index in [4.69, 9.17) is 10.2 Å². The average Bonchev–Trinajstić information content (AvgIpc) is 3.06. The van der Waals surface area contributed by atoms with E-state index >= 15 is 0 Å². The van der Waals surface area contributed by atoms with Crippen molar-refractivity contribution in [2.75, 3.05) is 11.9 Å². The minimum Gasteiger partial charge on any atom is -0.464 e. The molecule has 0 amide bonds. The number of fused-ring (bicyclic) bond motifs is 1. The third-order valence-electron chi connectivity index (χ3n) is 3.92. The molecule has 1 aliphatic carbocycles. The highest BCUT2D eigenvalue weighted by Gasteiger charge is 2.24. The van der Waals surface area contributed by atoms with E-state index in [1.165, 1.54) is 25.7 Å². The van der Waals surface area contributed by atoms with E-state index in [0.717, 1.165) is 16.8 Å². The van der Waals surface area contributed by atoms with Crippen molar-refractivity contribution < 1.29 is 4.42 Å². The number of anilines is 1. The van der Waals surface area contributed by atoms with Gasteiger partial charge in [-0.2, -0.15) is 0 Å². The number of furan rings is 1. The van der Waals surface area contributed by atoms with Gasteiger partial charge in [0.2, 0.25) is 0 Å². The predicted molar refractivity (Wildman–Crippen MR) is 72.4 cm³/mol. The van der Waals surface area contributed by atoms with Crippen molar-refractivity contribution in [3.63, 3.8) is 0 Å². The topological polar surface area (TPSA) is 64.1 Å². The van der Waals surface area contributed by atoms with E-state index < -0.39 is 0 Å². The van der Waals surface area contributed by atoms with Crippen LogP contribution in [0, 0.1) is 5.92 Å². The van der Waals surface area contributed by atoms with Crippen LogP contribution >= 0.6 is 0 Å². The number of pyridine rings is 1. The summed E-state index contributed by atoms with van der Waals surface area (Å²) in [4.78, 5) is 4.41. The molecule has 0 spiro atoms. The van der Waals surface area contributed by atoms with Crippen LogP contribution in [0.2, 0.25) is 0 Å². The number of hydrogen-bond donors (Lipinski definition) is 2. The van der Waals surface area contributed by atoms with Crippen LogP contribution in [0.1, 0.15) is 25.7 Å². The van der Waals surface area contributed by atoms with Gasteiger partial charge < -0.3 is 15.5 Å². The fraction of sp³-hybridized carbons (Fsp3) is 0.500. The lowest BCUT2D eigenvalue weighted by atomic mass is 9.98. The maximum Gasteiger partial charge on any atom is 0.139 e. The van der Waals surface area contributed by atoms with E-state index in [9.17, 15) is 0 Å². The Balaban J connectivity index is 1.83. The Labute approximate surface area is 107 Å². The lowest BCUT2D eigenvalue weighted by Gasteiger charge is -2.23. The Bertz CT molecular complexity index is 516. The van der Waals surface area contributed by atoms with Gasteiger partial charge in [0.25, 0.3) is 0 Å². The molecule has 3 rings (SSSR count). The SMILES string of the molecule is NCC(Nc1nccc2occc12)C1CCCC1. The van der Waals surface area contributed by atoms with Gasteiger partial charge in [-0.15, -0.1) is 0 Å². The molecule has 1 fully saturated rings. The summed E-state index contributed by atoms with van der Waals surface area (Å²) in [6.45, 7) is 0.653. The normalized spacial score (nSPS) is 18.3. The molecule has 18 heavy (non-hydrogen) atoms. The Hall–Kier alpha value is -1.55. The van der Waals surface area contributed by atoms with Gasteiger partial charge in [0.15, 0.2) is 0 Å². The van der Waals surface area contributed by atoms with Gasteiger partial charge >= 0.3 is 0 Å². The third kappa shape index (κ3) is 2.08. The molecule has 0 saturated heterocycles. The molecule has 2 aromatic heterocycles. The standard InChI is InChI=1S/C14H19N3O/c15-9-12(10-3-1-2-4-10)17-14-11-6-8-18-13(11)5-7-16-14/h5-8,10,12H,1-4,9,15H2,(H,16,17). The second kappa shape index (κ2) is 4.98. The van der Waals surface area contributed by atoms with Gasteiger partial charge in [0, 0.05) is 18.8 Å². The molecule has 1 saturated carbocycles. The van der Waals surface area contributed by atoms with Crippen molar-refractivity contribution in [1.29, 1.82) is 0 Å². The summed E-state index contributed by atoms with van der Waals surface area (Å²) >= 11 is 0. The van der Waals surface area contributed by atoms with E-state index in [0.29, 0.717) is 18.5 Å². The molecule has 4 nitrogen and oxygen atoms in total. The molecule has 0 radical (unpaired) electrons. The van der Waals surface area contributed by atoms with Crippen LogP contribution in [-0.2, 0) is 0 Å². The highest BCUT2D eigenvalue weighted by Crippen LogP contribution is 2.30. The van der Waals surface area contributed by atoms with Gasteiger partial charge in [0.05, 0.1) is 11.6 Å². The summed E-state index contributed by atoms with van der Waals surface area (Å²) in [6, 6.07) is 4.15. The fourth-order valence-electron chi connectivity index (χ4n) is 2.91. The number of nitrogens with one attached hydrogen (secondary N) is 1. The first-order valence-electron chi connectivity index (χ1n) is 6.67. The van der Waals surface area contributed by atoms with Crippen LogP contribution in [0.15, 0.2) is 29.0 Å². The predicted octanol–water partition coefficient (Wildman–Crippen LogP) is 2.76. The fourth-order valence-corrected chi connectivity index (χ4v) is 2.91. The highest BCUT2D eigenvalue weighted by atomic mass is 16.3. The van der Waals surface area contributed by atoms with Gasteiger partial charge in [-0.3, -0.25) is 0 Å². The lowest BCUT2D eigenvalue weighted by molar-refractivity contribution is 0.461. The lowest BCUT2D eigenvalue weighted by Crippen LogP contribution is -2.35. The van der Waals surface area contributed by atoms with Gasteiger partial charge in [-0.05, 0) is 30.9 Å². The number of rotatable bonds is 4. The molecule has 0 aliphatic heterocycles. The first kappa shape index (κ1) is 11.5. The van der Waals surface area contributed by atoms with Gasteiger partial charge in [0.1, 0.15) is 11.4 Å². The molecular formula is C14H19N3O. The van der Waals surface area contributed by atoms with Crippen molar-refractivity contribution in [3.8, 4) is 0 Å². The van der Waals surface area contributed by atoms with Crippen LogP contribution < -0.4 is 11.1 Å². The molecular weight excluding hydrogens is 226 g/mol. The van der Waals surface area contributed by atoms with Crippen molar-refractivity contribution in [3.05, 3.63) is 24.6 Å². The highest BCUT2D eigenvalue weighted by molar-refractivity contribution is 5.87. The van der Waals surface area contributed by atoms with Crippen molar-refractivity contribution in [1.82, 2.24) is 4.98 Å². The van der Waals surface area contributed by atoms with E-state index in [1.54, 1.807) is 12.5 Å². The zero-order valence-electron chi connectivity index (χ0n) is 10.4. The number of nitrogens with zero attached hydrogens (tertiary/aromatic N) is 1. The summed E-state index contributed by atoms with van der Waals surface area (Å²) in [5.41, 5.74) is 6.78. The minimum atomic E-state index is 0.320. The van der Waals surface area contributed by atoms with E-state index in [1.807, 2.05) is 12.1 Å². The molecule has 4 heteroatoms. The summed E-state index contributed by atoms with van der Waals surface area (Å²) in [5, 5.41) is 4.54. The van der Waals surface area contributed by atoms with Crippen LogP contribution in [0.5, 0.6) is 0 Å². The second-order valence-electron chi connectivity index (χ2n) is 5.02. The summed E-state index contributed by atoms with van der Waals surface area (Å²) < 4.78 is 5.39. The molecule has 2 aromatic rings. The Morgan fingerprint density at radius 3 is 3.00 bits per heavy atom. The molecule has 0 aromatic carbocycles. The van der Waals surface area contributed by atoms with Crippen LogP contribution in [0.3, 0.4) is 0 Å². The summed E-state index contributed by atoms with van der Waals surface area (Å²) in [6.07, 6.45) is 8.67.